The number of nitrogens with one attached hydrogen (secondary N) is 1. The molecule has 0 amide bonds. The number of benzene rings is 1. The number of hydrogen-bond acceptors (Lipinski definition) is 5. The number of aromatic nitrogens is 2. The van der Waals surface area contributed by atoms with Crippen molar-refractivity contribution in [2.75, 3.05) is 25.0 Å². The van der Waals surface area contributed by atoms with Crippen molar-refractivity contribution in [2.45, 2.75) is 32.2 Å². The van der Waals surface area contributed by atoms with Crippen molar-refractivity contribution in [3.63, 3.8) is 0 Å². The minimum atomic E-state index is 0.310. The van der Waals surface area contributed by atoms with E-state index in [-0.39, 0.29) is 0 Å². The SMILES string of the molecule is CC(CN1CCCCC1)Nc1noc(-c2ccccc2)n1. The van der Waals surface area contributed by atoms with Gasteiger partial charge in [0.1, 0.15) is 0 Å². The molecule has 1 fully saturated rings. The molecule has 1 N–H and O–H groups in total. The molecule has 0 spiro atoms. The van der Waals surface area contributed by atoms with Crippen LogP contribution in [0.5, 0.6) is 0 Å². The third-order valence-electron chi connectivity index (χ3n) is 3.80. The highest BCUT2D eigenvalue weighted by molar-refractivity contribution is 5.53. The van der Waals surface area contributed by atoms with E-state index < -0.39 is 0 Å². The minimum Gasteiger partial charge on any atom is -0.348 e. The van der Waals surface area contributed by atoms with Gasteiger partial charge in [-0.3, -0.25) is 0 Å². The Labute approximate surface area is 125 Å². The molecule has 1 aliphatic rings. The van der Waals surface area contributed by atoms with Crippen LogP contribution in [0.4, 0.5) is 5.95 Å². The molecule has 1 aromatic heterocycles. The van der Waals surface area contributed by atoms with Crippen molar-refractivity contribution in [3.05, 3.63) is 30.3 Å². The number of nitrogens with zero attached hydrogens (tertiary/aromatic N) is 3. The summed E-state index contributed by atoms with van der Waals surface area (Å²) < 4.78 is 5.30. The Morgan fingerprint density at radius 3 is 2.71 bits per heavy atom. The van der Waals surface area contributed by atoms with Gasteiger partial charge in [0.15, 0.2) is 0 Å². The van der Waals surface area contributed by atoms with Gasteiger partial charge < -0.3 is 14.7 Å². The van der Waals surface area contributed by atoms with E-state index in [0.717, 1.165) is 12.1 Å². The first-order valence-corrected chi connectivity index (χ1v) is 7.69. The third kappa shape index (κ3) is 3.82. The van der Waals surface area contributed by atoms with Crippen molar-refractivity contribution in [2.24, 2.45) is 0 Å². The van der Waals surface area contributed by atoms with Crippen LogP contribution in [0, 0.1) is 0 Å². The second kappa shape index (κ2) is 6.72. The molecule has 2 aromatic rings. The molecule has 5 heteroatoms. The molecule has 0 aliphatic carbocycles. The molecular formula is C16H22N4O. The number of hydrogen-bond donors (Lipinski definition) is 1. The molecule has 1 aromatic carbocycles. The molecule has 3 rings (SSSR count). The molecule has 0 saturated carbocycles. The summed E-state index contributed by atoms with van der Waals surface area (Å²) in [4.78, 5) is 6.91. The largest absolute Gasteiger partial charge is 0.348 e. The van der Waals surface area contributed by atoms with Crippen molar-refractivity contribution in [1.82, 2.24) is 15.0 Å². The Morgan fingerprint density at radius 2 is 1.95 bits per heavy atom. The maximum Gasteiger partial charge on any atom is 0.264 e. The molecule has 1 unspecified atom stereocenters. The summed E-state index contributed by atoms with van der Waals surface area (Å²) in [6.45, 7) is 5.59. The second-order valence-corrected chi connectivity index (χ2v) is 5.70. The first-order chi connectivity index (χ1) is 10.3. The zero-order valence-corrected chi connectivity index (χ0v) is 12.5. The zero-order valence-electron chi connectivity index (χ0n) is 12.5. The Hall–Kier alpha value is -1.88. The Bertz CT molecular complexity index is 548. The Kier molecular flexibility index (Phi) is 4.50. The monoisotopic (exact) mass is 286 g/mol. The summed E-state index contributed by atoms with van der Waals surface area (Å²) in [6.07, 6.45) is 3.99. The lowest BCUT2D eigenvalue weighted by molar-refractivity contribution is 0.223. The van der Waals surface area contributed by atoms with Gasteiger partial charge in [0.05, 0.1) is 0 Å². The van der Waals surface area contributed by atoms with Crippen LogP contribution in [0.25, 0.3) is 11.5 Å². The van der Waals surface area contributed by atoms with E-state index in [1.165, 1.54) is 32.4 Å². The van der Waals surface area contributed by atoms with Crippen LogP contribution in [0.3, 0.4) is 0 Å². The highest BCUT2D eigenvalue weighted by Gasteiger charge is 2.15. The van der Waals surface area contributed by atoms with E-state index in [1.54, 1.807) is 0 Å². The van der Waals surface area contributed by atoms with E-state index in [1.807, 2.05) is 30.3 Å². The molecule has 1 saturated heterocycles. The van der Waals surface area contributed by atoms with E-state index >= 15 is 0 Å². The van der Waals surface area contributed by atoms with E-state index in [9.17, 15) is 0 Å². The average molecular weight is 286 g/mol. The van der Waals surface area contributed by atoms with Gasteiger partial charge in [-0.15, -0.1) is 0 Å². The van der Waals surface area contributed by atoms with E-state index in [4.69, 9.17) is 4.52 Å². The summed E-state index contributed by atoms with van der Waals surface area (Å²) in [7, 11) is 0. The maximum absolute atomic E-state index is 5.30. The second-order valence-electron chi connectivity index (χ2n) is 5.70. The fourth-order valence-corrected chi connectivity index (χ4v) is 2.78. The first-order valence-electron chi connectivity index (χ1n) is 7.69. The lowest BCUT2D eigenvalue weighted by Crippen LogP contribution is -2.38. The van der Waals surface area contributed by atoms with Gasteiger partial charge in [0.2, 0.25) is 0 Å². The maximum atomic E-state index is 5.30. The molecular weight excluding hydrogens is 264 g/mol. The van der Waals surface area contributed by atoms with Gasteiger partial charge in [-0.1, -0.05) is 24.6 Å². The molecule has 5 nitrogen and oxygen atoms in total. The Balaban J connectivity index is 1.56. The van der Waals surface area contributed by atoms with Crippen LogP contribution in [0.1, 0.15) is 26.2 Å². The summed E-state index contributed by atoms with van der Waals surface area (Å²) in [6, 6.07) is 10.1. The summed E-state index contributed by atoms with van der Waals surface area (Å²) in [5.74, 6) is 1.13. The van der Waals surface area contributed by atoms with Crippen LogP contribution < -0.4 is 5.32 Å². The predicted molar refractivity (Wildman–Crippen MR) is 83.1 cm³/mol. The van der Waals surface area contributed by atoms with Gasteiger partial charge in [-0.2, -0.15) is 4.98 Å². The summed E-state index contributed by atoms with van der Waals surface area (Å²) >= 11 is 0. The zero-order chi connectivity index (χ0) is 14.5. The summed E-state index contributed by atoms with van der Waals surface area (Å²) in [5, 5.41) is 7.33. The van der Waals surface area contributed by atoms with Crippen LogP contribution in [0.15, 0.2) is 34.9 Å². The average Bonchev–Trinajstić information content (AvgIpc) is 2.97. The van der Waals surface area contributed by atoms with Crippen LogP contribution in [-0.2, 0) is 0 Å². The van der Waals surface area contributed by atoms with E-state index in [0.29, 0.717) is 17.9 Å². The van der Waals surface area contributed by atoms with Crippen molar-refractivity contribution in [3.8, 4) is 11.5 Å². The number of anilines is 1. The number of rotatable bonds is 5. The first kappa shape index (κ1) is 14.1. The lowest BCUT2D eigenvalue weighted by Gasteiger charge is -2.29. The molecule has 1 aliphatic heterocycles. The smallest absolute Gasteiger partial charge is 0.264 e. The Morgan fingerprint density at radius 1 is 1.19 bits per heavy atom. The van der Waals surface area contributed by atoms with Crippen LogP contribution in [-0.4, -0.2) is 40.7 Å². The lowest BCUT2D eigenvalue weighted by atomic mass is 10.1. The van der Waals surface area contributed by atoms with Crippen molar-refractivity contribution < 1.29 is 4.52 Å². The molecule has 1 atom stereocenters. The van der Waals surface area contributed by atoms with Crippen molar-refractivity contribution in [1.29, 1.82) is 0 Å². The highest BCUT2D eigenvalue weighted by atomic mass is 16.5. The molecule has 0 bridgehead atoms. The van der Waals surface area contributed by atoms with Gasteiger partial charge >= 0.3 is 0 Å². The van der Waals surface area contributed by atoms with Crippen molar-refractivity contribution >= 4 is 5.95 Å². The summed E-state index contributed by atoms with van der Waals surface area (Å²) in [5.41, 5.74) is 0.946. The normalized spacial score (nSPS) is 17.6. The van der Waals surface area contributed by atoms with Gasteiger partial charge in [0.25, 0.3) is 11.8 Å². The molecule has 0 radical (unpaired) electrons. The minimum absolute atomic E-state index is 0.310. The van der Waals surface area contributed by atoms with Gasteiger partial charge in [0, 0.05) is 18.2 Å². The fraction of sp³-hybridized carbons (Fsp3) is 0.500. The number of likely N-dealkylation sites (tertiary alicyclic amines) is 1. The molecule has 112 valence electrons. The van der Waals surface area contributed by atoms with Crippen LogP contribution >= 0.6 is 0 Å². The number of piperidine rings is 1. The van der Waals surface area contributed by atoms with Crippen LogP contribution in [0.2, 0.25) is 0 Å². The fourth-order valence-electron chi connectivity index (χ4n) is 2.78. The van der Waals surface area contributed by atoms with E-state index in [2.05, 4.69) is 27.3 Å². The van der Waals surface area contributed by atoms with Gasteiger partial charge in [-0.05, 0) is 50.1 Å². The standard InChI is InChI=1S/C16H22N4O/c1-13(12-20-10-6-3-7-11-20)17-16-18-15(21-19-16)14-8-4-2-5-9-14/h2,4-5,8-9,13H,3,6-7,10-12H2,1H3,(H,17,19). The predicted octanol–water partition coefficient (Wildman–Crippen LogP) is 3.02. The topological polar surface area (TPSA) is 54.2 Å². The highest BCUT2D eigenvalue weighted by Crippen LogP contribution is 2.18. The quantitative estimate of drug-likeness (QED) is 0.915. The molecule has 2 heterocycles. The van der Waals surface area contributed by atoms with Gasteiger partial charge in [-0.25, -0.2) is 0 Å². The third-order valence-corrected chi connectivity index (χ3v) is 3.80. The molecule has 21 heavy (non-hydrogen) atoms.